The monoisotopic (exact) mass is 899 g/mol. The summed E-state index contributed by atoms with van der Waals surface area (Å²) < 4.78 is 0. The molecule has 2 aliphatic rings. The van der Waals surface area contributed by atoms with Gasteiger partial charge in [0.05, 0.1) is 11.1 Å². The van der Waals surface area contributed by atoms with E-state index in [1.165, 1.54) is 102 Å². The van der Waals surface area contributed by atoms with Crippen LogP contribution in [0.5, 0.6) is 0 Å². The number of hydrogen-bond acceptors (Lipinski definition) is 1. The maximum atomic E-state index is 2.53. The van der Waals surface area contributed by atoms with Crippen molar-refractivity contribution in [3.8, 4) is 55.6 Å². The Morgan fingerprint density at radius 2 is 0.729 bits per heavy atom. The van der Waals surface area contributed by atoms with Crippen LogP contribution in [-0.2, 0) is 16.2 Å². The third-order valence-electron chi connectivity index (χ3n) is 15.6. The number of benzene rings is 10. The van der Waals surface area contributed by atoms with E-state index in [2.05, 4.69) is 281 Å². The predicted molar refractivity (Wildman–Crippen MR) is 295 cm³/mol. The molecule has 10 aromatic rings. The minimum atomic E-state index is -0.559. The number of para-hydroxylation sites is 1. The van der Waals surface area contributed by atoms with Crippen molar-refractivity contribution in [2.24, 2.45) is 0 Å². The maximum Gasteiger partial charge on any atom is 0.0714 e. The van der Waals surface area contributed by atoms with Gasteiger partial charge < -0.3 is 4.90 Å². The zero-order valence-corrected chi connectivity index (χ0v) is 40.5. The Labute approximate surface area is 414 Å². The lowest BCUT2D eigenvalue weighted by molar-refractivity contribution is 0.333. The highest BCUT2D eigenvalue weighted by Crippen LogP contribution is 2.59. The van der Waals surface area contributed by atoms with Crippen molar-refractivity contribution in [2.75, 3.05) is 4.90 Å². The quantitative estimate of drug-likeness (QED) is 0.140. The van der Waals surface area contributed by atoms with E-state index in [-0.39, 0.29) is 10.8 Å². The second-order valence-electron chi connectivity index (χ2n) is 20.7. The van der Waals surface area contributed by atoms with Crippen LogP contribution in [0.2, 0.25) is 0 Å². The fourth-order valence-electron chi connectivity index (χ4n) is 12.0. The molecule has 0 N–H and O–H groups in total. The molecule has 0 radical (unpaired) electrons. The summed E-state index contributed by atoms with van der Waals surface area (Å²) in [7, 11) is 0. The second-order valence-corrected chi connectivity index (χ2v) is 20.7. The van der Waals surface area contributed by atoms with E-state index >= 15 is 0 Å². The average molecular weight is 900 g/mol. The summed E-state index contributed by atoms with van der Waals surface area (Å²) in [4.78, 5) is 2.48. The molecular weight excluding hydrogens is 843 g/mol. The summed E-state index contributed by atoms with van der Waals surface area (Å²) in [6.07, 6.45) is 2.37. The average Bonchev–Trinajstić information content (AvgIpc) is 3.71. The summed E-state index contributed by atoms with van der Waals surface area (Å²) in [6, 6.07) is 92.5. The van der Waals surface area contributed by atoms with Crippen molar-refractivity contribution in [3.05, 3.63) is 282 Å². The van der Waals surface area contributed by atoms with Gasteiger partial charge in [0.2, 0.25) is 0 Å². The van der Waals surface area contributed by atoms with Gasteiger partial charge in [-0.25, -0.2) is 0 Å². The Morgan fingerprint density at radius 3 is 1.33 bits per heavy atom. The molecule has 12 rings (SSSR count). The third-order valence-corrected chi connectivity index (χ3v) is 15.6. The molecular formula is C69H57N. The number of rotatable bonds is 9. The zero-order valence-electron chi connectivity index (χ0n) is 40.5. The van der Waals surface area contributed by atoms with Gasteiger partial charge in [0.15, 0.2) is 0 Å². The summed E-state index contributed by atoms with van der Waals surface area (Å²) >= 11 is 0. The molecule has 0 bridgehead atoms. The van der Waals surface area contributed by atoms with E-state index < -0.39 is 5.41 Å². The van der Waals surface area contributed by atoms with Crippen LogP contribution in [0.3, 0.4) is 0 Å². The first-order chi connectivity index (χ1) is 34.2. The van der Waals surface area contributed by atoms with Crippen molar-refractivity contribution in [1.29, 1.82) is 0 Å². The Kier molecular flexibility index (Phi) is 10.6. The summed E-state index contributed by atoms with van der Waals surface area (Å²) in [5.41, 5.74) is 23.3. The molecule has 0 saturated carbocycles. The first-order valence-corrected chi connectivity index (χ1v) is 25.0. The van der Waals surface area contributed by atoms with Gasteiger partial charge in [0.1, 0.15) is 0 Å². The normalized spacial score (nSPS) is 14.8. The fourth-order valence-corrected chi connectivity index (χ4v) is 12.0. The molecule has 338 valence electrons. The third kappa shape index (κ3) is 7.23. The van der Waals surface area contributed by atoms with E-state index in [1.807, 2.05) is 0 Å². The van der Waals surface area contributed by atoms with Crippen LogP contribution < -0.4 is 4.90 Å². The molecule has 1 heteroatoms. The van der Waals surface area contributed by atoms with Gasteiger partial charge in [-0.1, -0.05) is 240 Å². The highest BCUT2D eigenvalue weighted by atomic mass is 15.1. The molecule has 0 saturated heterocycles. The SMILES string of the molecule is CC1(C)CCC(C)(C)c2c(-c3ccc(-c4cc5c(cc4N(c4ccccc4)c4ccc(-c6ccc(-c7ccccc7)cc6)cc4)C(c4ccccc4)(c4ccccc4)c4ccccc4-5)cc3)cccc21. The molecule has 2 aliphatic carbocycles. The summed E-state index contributed by atoms with van der Waals surface area (Å²) in [5, 5.41) is 0. The van der Waals surface area contributed by atoms with E-state index in [9.17, 15) is 0 Å². The standard InChI is InChI=1S/C69H57N/c1-67(2)44-45-68(3,4)66-58(29-19-31-63(66)67)52-36-38-53(39-37-52)60-46-61-59-28-17-18-30-62(59)69(54-22-11-6-12-23-54,55-24-13-7-14-25-55)64(61)47-65(60)70(56-26-15-8-16-27-56)57-42-40-51(41-43-57)50-34-32-49(33-35-50)48-20-9-5-10-21-48/h5-43,46-47H,44-45H2,1-4H3. The molecule has 0 unspecified atom stereocenters. The van der Waals surface area contributed by atoms with Crippen molar-refractivity contribution < 1.29 is 0 Å². The topological polar surface area (TPSA) is 3.24 Å². The number of nitrogens with zero attached hydrogens (tertiary/aromatic N) is 1. The minimum absolute atomic E-state index is 0.0853. The van der Waals surface area contributed by atoms with Crippen LogP contribution in [-0.4, -0.2) is 0 Å². The Morgan fingerprint density at radius 1 is 0.300 bits per heavy atom. The van der Waals surface area contributed by atoms with Gasteiger partial charge in [-0.15, -0.1) is 0 Å². The minimum Gasteiger partial charge on any atom is -0.310 e. The molecule has 0 aliphatic heterocycles. The van der Waals surface area contributed by atoms with Crippen molar-refractivity contribution in [3.63, 3.8) is 0 Å². The number of anilines is 3. The largest absolute Gasteiger partial charge is 0.310 e. The van der Waals surface area contributed by atoms with Gasteiger partial charge in [0, 0.05) is 16.9 Å². The number of hydrogen-bond donors (Lipinski definition) is 0. The molecule has 0 atom stereocenters. The molecule has 0 heterocycles. The van der Waals surface area contributed by atoms with Crippen molar-refractivity contribution >= 4 is 17.1 Å². The van der Waals surface area contributed by atoms with E-state index in [0.717, 1.165) is 17.1 Å². The van der Waals surface area contributed by atoms with Gasteiger partial charge in [0.25, 0.3) is 0 Å². The highest BCUT2D eigenvalue weighted by molar-refractivity contribution is 5.97. The maximum absolute atomic E-state index is 2.53. The van der Waals surface area contributed by atoms with Crippen LogP contribution in [0.1, 0.15) is 73.9 Å². The van der Waals surface area contributed by atoms with Crippen LogP contribution >= 0.6 is 0 Å². The molecule has 0 amide bonds. The smallest absolute Gasteiger partial charge is 0.0714 e. The zero-order chi connectivity index (χ0) is 47.5. The lowest BCUT2D eigenvalue weighted by Crippen LogP contribution is -2.34. The van der Waals surface area contributed by atoms with Gasteiger partial charge >= 0.3 is 0 Å². The molecule has 0 fully saturated rings. The molecule has 10 aromatic carbocycles. The first kappa shape index (κ1) is 43.3. The second kappa shape index (κ2) is 17.2. The van der Waals surface area contributed by atoms with Gasteiger partial charge in [-0.05, 0) is 144 Å². The van der Waals surface area contributed by atoms with E-state index in [4.69, 9.17) is 0 Å². The van der Waals surface area contributed by atoms with Crippen LogP contribution in [0, 0.1) is 0 Å². The Hall–Kier alpha value is -8.00. The van der Waals surface area contributed by atoms with E-state index in [1.54, 1.807) is 0 Å². The van der Waals surface area contributed by atoms with Gasteiger partial charge in [-0.3, -0.25) is 0 Å². The number of fused-ring (bicyclic) bond motifs is 4. The molecule has 0 spiro atoms. The lowest BCUT2D eigenvalue weighted by atomic mass is 9.61. The Balaban J connectivity index is 1.08. The highest BCUT2D eigenvalue weighted by Gasteiger charge is 2.47. The summed E-state index contributed by atoms with van der Waals surface area (Å²) in [6.45, 7) is 9.71. The molecule has 0 aromatic heterocycles. The molecule has 1 nitrogen and oxygen atoms in total. The van der Waals surface area contributed by atoms with Crippen LogP contribution in [0.25, 0.3) is 55.6 Å². The first-order valence-electron chi connectivity index (χ1n) is 25.0. The predicted octanol–water partition coefficient (Wildman–Crippen LogP) is 18.5. The van der Waals surface area contributed by atoms with Crippen molar-refractivity contribution in [1.82, 2.24) is 0 Å². The van der Waals surface area contributed by atoms with Crippen molar-refractivity contribution in [2.45, 2.75) is 56.8 Å². The van der Waals surface area contributed by atoms with E-state index in [0.29, 0.717) is 0 Å². The summed E-state index contributed by atoms with van der Waals surface area (Å²) in [5.74, 6) is 0. The Bertz CT molecular complexity index is 3440. The van der Waals surface area contributed by atoms with Crippen LogP contribution in [0.4, 0.5) is 17.1 Å². The van der Waals surface area contributed by atoms with Crippen LogP contribution in [0.15, 0.2) is 249 Å². The lowest BCUT2D eigenvalue weighted by Gasteiger charge is -2.43. The molecule has 70 heavy (non-hydrogen) atoms. The van der Waals surface area contributed by atoms with Gasteiger partial charge in [-0.2, -0.15) is 0 Å². The fraction of sp³-hybridized carbons (Fsp3) is 0.130.